The number of hydrogen-bond donors (Lipinski definition) is 0. The van der Waals surface area contributed by atoms with Gasteiger partial charge in [0.05, 0.1) is 9.46 Å². The Morgan fingerprint density at radius 3 is 2.38 bits per heavy atom. The second kappa shape index (κ2) is 12.6. The summed E-state index contributed by atoms with van der Waals surface area (Å²) in [6.07, 6.45) is 1.46. The van der Waals surface area contributed by atoms with Crippen LogP contribution in [0.25, 0.3) is 0 Å². The van der Waals surface area contributed by atoms with Gasteiger partial charge in [-0.25, -0.2) is 6.61 Å². The number of nitriles is 1. The molecule has 7 heteroatoms. The molecule has 146 valence electrons. The summed E-state index contributed by atoms with van der Waals surface area (Å²) in [4.78, 5) is 0. The van der Waals surface area contributed by atoms with Gasteiger partial charge >= 0.3 is 0 Å². The van der Waals surface area contributed by atoms with E-state index in [4.69, 9.17) is 9.47 Å². The van der Waals surface area contributed by atoms with Gasteiger partial charge in [-0.05, 0) is 67.6 Å². The molecule has 0 bridgehead atoms. The topological polar surface area (TPSA) is 42.2 Å². The van der Waals surface area contributed by atoms with E-state index in [0.29, 0.717) is 11.7 Å². The molecule has 29 heavy (non-hydrogen) atoms. The van der Waals surface area contributed by atoms with Crippen molar-refractivity contribution < 1.29 is 74.9 Å². The molecular formula is C22H20Br2NO2Y2-. The Bertz CT molecular complexity index is 865. The van der Waals surface area contributed by atoms with Crippen molar-refractivity contribution in [3.63, 3.8) is 0 Å². The fourth-order valence-corrected chi connectivity index (χ4v) is 3.71. The molecule has 3 unspecified atom stereocenters. The molecule has 3 rings (SSSR count). The normalized spacial score (nSPS) is 19.6. The molecule has 2 aromatic rings. The minimum atomic E-state index is -0.669. The van der Waals surface area contributed by atoms with Crippen molar-refractivity contribution in [2.45, 2.75) is 20.0 Å². The predicted octanol–water partition coefficient (Wildman–Crippen LogP) is 7.12. The zero-order valence-corrected chi connectivity index (χ0v) is 25.1. The molecule has 1 saturated carbocycles. The number of hydrogen-bond acceptors (Lipinski definition) is 3. The molecule has 1 aliphatic rings. The molecule has 2 aromatic carbocycles. The van der Waals surface area contributed by atoms with Crippen LogP contribution in [0.3, 0.4) is 0 Å². The fourth-order valence-electron chi connectivity index (χ4n) is 3.14. The molecule has 0 aliphatic heterocycles. The quantitative estimate of drug-likeness (QED) is 0.296. The maximum atomic E-state index is 9.57. The van der Waals surface area contributed by atoms with Gasteiger partial charge in [-0.2, -0.15) is 5.26 Å². The molecule has 0 heterocycles. The van der Waals surface area contributed by atoms with Crippen LogP contribution in [0.5, 0.6) is 11.5 Å². The van der Waals surface area contributed by atoms with Crippen LogP contribution in [0.4, 0.5) is 0 Å². The number of benzene rings is 2. The third kappa shape index (κ3) is 7.60. The monoisotopic (exact) mass is 666 g/mol. The van der Waals surface area contributed by atoms with E-state index in [1.807, 2.05) is 61.2 Å². The maximum absolute atomic E-state index is 9.57. The van der Waals surface area contributed by atoms with Crippen molar-refractivity contribution in [3.8, 4) is 17.6 Å². The molecule has 1 aliphatic carbocycles. The summed E-state index contributed by atoms with van der Waals surface area (Å²) in [5.74, 6) is 2.07. The van der Waals surface area contributed by atoms with E-state index in [2.05, 4.69) is 57.9 Å². The SMILES string of the molecule is CC1(C)C(C=C(Br)Br)C1[CH-]OC(C#N)c1cccc(Oc2ccccc2)c1.[Y].[Y]. The van der Waals surface area contributed by atoms with Gasteiger partial charge < -0.3 is 9.47 Å². The third-order valence-corrected chi connectivity index (χ3v) is 5.45. The van der Waals surface area contributed by atoms with Gasteiger partial charge in [-0.3, -0.25) is 0 Å². The molecule has 0 saturated heterocycles. The Morgan fingerprint density at radius 1 is 1.10 bits per heavy atom. The summed E-state index contributed by atoms with van der Waals surface area (Å²) in [6.45, 7) is 6.19. The van der Waals surface area contributed by atoms with Gasteiger partial charge in [0.1, 0.15) is 17.6 Å². The third-order valence-electron chi connectivity index (χ3n) is 4.92. The summed E-state index contributed by atoms with van der Waals surface area (Å²) < 4.78 is 12.6. The number of allylic oxidation sites excluding steroid dienone is 1. The molecule has 0 N–H and O–H groups in total. The Labute approximate surface area is 240 Å². The summed E-state index contributed by atoms with van der Waals surface area (Å²) in [6, 6.07) is 19.3. The summed E-state index contributed by atoms with van der Waals surface area (Å²) in [7, 11) is 0. The molecule has 0 spiro atoms. The van der Waals surface area contributed by atoms with Crippen molar-refractivity contribution in [2.75, 3.05) is 0 Å². The van der Waals surface area contributed by atoms with E-state index in [1.54, 1.807) is 0 Å². The average Bonchev–Trinajstić information content (AvgIpc) is 3.15. The standard InChI is InChI=1S/C22H20Br2NO2.2Y/c1-22(2)18(12-21(23)24)19(22)14-26-20(13-25)15-7-6-10-17(11-15)27-16-8-4-3-5-9-16;;/h3-12,14,18-20H,1-2H3;;/q-1;;. The van der Waals surface area contributed by atoms with E-state index in [9.17, 15) is 5.26 Å². The first-order valence-corrected chi connectivity index (χ1v) is 10.2. The largest absolute Gasteiger partial charge is 0.535 e. The second-order valence-electron chi connectivity index (χ2n) is 7.10. The minimum Gasteiger partial charge on any atom is -0.535 e. The van der Waals surface area contributed by atoms with Gasteiger partial charge in [0.15, 0.2) is 0 Å². The van der Waals surface area contributed by atoms with E-state index >= 15 is 0 Å². The molecule has 3 atom stereocenters. The number of ether oxygens (including phenoxy) is 2. The van der Waals surface area contributed by atoms with Crippen molar-refractivity contribution in [2.24, 2.45) is 17.3 Å². The van der Waals surface area contributed by atoms with Crippen molar-refractivity contribution in [1.29, 1.82) is 5.26 Å². The van der Waals surface area contributed by atoms with Crippen molar-refractivity contribution in [1.82, 2.24) is 0 Å². The van der Waals surface area contributed by atoms with E-state index < -0.39 is 6.10 Å². The zero-order chi connectivity index (χ0) is 19.4. The first-order valence-electron chi connectivity index (χ1n) is 8.66. The smallest absolute Gasteiger partial charge is 0.139 e. The number of rotatable bonds is 7. The van der Waals surface area contributed by atoms with Crippen LogP contribution in [0.2, 0.25) is 0 Å². The Kier molecular flexibility index (Phi) is 12.0. The first-order chi connectivity index (χ1) is 12.9. The van der Waals surface area contributed by atoms with Crippen LogP contribution in [0, 0.1) is 35.2 Å². The number of nitrogens with zero attached hydrogens (tertiary/aromatic N) is 1. The van der Waals surface area contributed by atoms with Gasteiger partial charge in [-0.15, -0.1) is 5.92 Å². The zero-order valence-electron chi connectivity index (χ0n) is 16.3. The number of para-hydroxylation sites is 1. The van der Waals surface area contributed by atoms with Crippen LogP contribution in [-0.4, -0.2) is 0 Å². The Balaban J connectivity index is 0.00000210. The fraction of sp³-hybridized carbons (Fsp3) is 0.273. The van der Waals surface area contributed by atoms with Crippen LogP contribution in [0.1, 0.15) is 25.5 Å². The summed E-state index contributed by atoms with van der Waals surface area (Å²) >= 11 is 6.83. The Hall–Kier alpha value is 0.598. The van der Waals surface area contributed by atoms with Gasteiger partial charge in [0, 0.05) is 65.4 Å². The van der Waals surface area contributed by atoms with Gasteiger partial charge in [-0.1, -0.05) is 55.7 Å². The average molecular weight is 668 g/mol. The van der Waals surface area contributed by atoms with Crippen LogP contribution in [-0.2, 0) is 70.2 Å². The van der Waals surface area contributed by atoms with Gasteiger partial charge in [0.25, 0.3) is 0 Å². The summed E-state index contributed by atoms with van der Waals surface area (Å²) in [5.41, 5.74) is 0.889. The molecule has 2 radical (unpaired) electrons. The first kappa shape index (κ1) is 27.6. The molecular weight excluding hydrogens is 648 g/mol. The van der Waals surface area contributed by atoms with Crippen LogP contribution in [0.15, 0.2) is 64.1 Å². The molecule has 0 amide bonds. The maximum Gasteiger partial charge on any atom is 0.139 e. The molecule has 1 fully saturated rings. The van der Waals surface area contributed by atoms with E-state index in [1.165, 1.54) is 0 Å². The minimum absolute atomic E-state index is 0. The second-order valence-corrected chi connectivity index (χ2v) is 9.87. The van der Waals surface area contributed by atoms with Crippen LogP contribution < -0.4 is 4.74 Å². The number of halogens is 2. The molecule has 3 nitrogen and oxygen atoms in total. The van der Waals surface area contributed by atoms with Crippen LogP contribution >= 0.6 is 31.9 Å². The van der Waals surface area contributed by atoms with Crippen molar-refractivity contribution in [3.05, 3.63) is 76.2 Å². The summed E-state index contributed by atoms with van der Waals surface area (Å²) in [5, 5.41) is 9.57. The van der Waals surface area contributed by atoms with E-state index in [0.717, 1.165) is 14.7 Å². The van der Waals surface area contributed by atoms with Gasteiger partial charge in [0.2, 0.25) is 0 Å². The predicted molar refractivity (Wildman–Crippen MR) is 113 cm³/mol. The van der Waals surface area contributed by atoms with E-state index in [-0.39, 0.29) is 76.8 Å². The Morgan fingerprint density at radius 2 is 1.76 bits per heavy atom. The molecule has 0 aromatic heterocycles. The van der Waals surface area contributed by atoms with Crippen molar-refractivity contribution >= 4 is 31.9 Å².